The van der Waals surface area contributed by atoms with E-state index in [0.29, 0.717) is 10.6 Å². The molecule has 25 heavy (non-hydrogen) atoms. The van der Waals surface area contributed by atoms with Crippen molar-refractivity contribution in [3.8, 4) is 10.6 Å². The fraction of sp³-hybridized carbons (Fsp3) is 0.105. The first-order valence-electron chi connectivity index (χ1n) is 7.64. The Balaban J connectivity index is 1.95. The summed E-state index contributed by atoms with van der Waals surface area (Å²) < 4.78 is 0. The third-order valence-corrected chi connectivity index (χ3v) is 4.79. The van der Waals surface area contributed by atoms with Crippen LogP contribution in [-0.4, -0.2) is 22.0 Å². The van der Waals surface area contributed by atoms with E-state index in [0.717, 1.165) is 28.0 Å². The van der Waals surface area contributed by atoms with Crippen molar-refractivity contribution in [1.29, 1.82) is 0 Å². The lowest BCUT2D eigenvalue weighted by atomic mass is 10.1. The lowest BCUT2D eigenvalue weighted by molar-refractivity contribution is 0.0703. The van der Waals surface area contributed by atoms with Crippen molar-refractivity contribution in [3.05, 3.63) is 70.1 Å². The van der Waals surface area contributed by atoms with Gasteiger partial charge in [-0.1, -0.05) is 48.0 Å². The summed E-state index contributed by atoms with van der Waals surface area (Å²) in [5, 5.41) is 12.6. The summed E-state index contributed by atoms with van der Waals surface area (Å²) in [6, 6.07) is 14.7. The zero-order valence-electron chi connectivity index (χ0n) is 13.7. The molecule has 0 fully saturated rings. The number of carbonyl (C=O) groups is 2. The number of hydrogen-bond acceptors (Lipinski definition) is 4. The van der Waals surface area contributed by atoms with Gasteiger partial charge in [-0.3, -0.25) is 4.79 Å². The minimum Gasteiger partial charge on any atom is -0.477 e. The summed E-state index contributed by atoms with van der Waals surface area (Å²) in [4.78, 5) is 28.4. The third-order valence-electron chi connectivity index (χ3n) is 3.70. The van der Waals surface area contributed by atoms with Crippen LogP contribution < -0.4 is 5.32 Å². The maximum atomic E-state index is 12.5. The first-order chi connectivity index (χ1) is 12.0. The quantitative estimate of drug-likeness (QED) is 0.730. The van der Waals surface area contributed by atoms with Gasteiger partial charge in [0.1, 0.15) is 5.01 Å². The molecule has 1 heterocycles. The number of carboxylic acid groups (broad SMARTS) is 1. The van der Waals surface area contributed by atoms with E-state index in [4.69, 9.17) is 0 Å². The number of amides is 1. The molecule has 126 valence electrons. The molecule has 0 radical (unpaired) electrons. The number of aryl methyl sites for hydroxylation is 2. The Morgan fingerprint density at radius 1 is 1.08 bits per heavy atom. The molecule has 2 N–H and O–H groups in total. The summed E-state index contributed by atoms with van der Waals surface area (Å²) in [7, 11) is 0. The molecule has 0 aliphatic rings. The van der Waals surface area contributed by atoms with Crippen LogP contribution in [0.4, 0.5) is 5.82 Å². The maximum Gasteiger partial charge on any atom is 0.349 e. The predicted molar refractivity (Wildman–Crippen MR) is 98.4 cm³/mol. The lowest BCUT2D eigenvalue weighted by Crippen LogP contribution is -2.15. The van der Waals surface area contributed by atoms with Gasteiger partial charge in [0.05, 0.1) is 0 Å². The second-order valence-corrected chi connectivity index (χ2v) is 6.64. The zero-order chi connectivity index (χ0) is 18.0. The van der Waals surface area contributed by atoms with Crippen molar-refractivity contribution < 1.29 is 14.7 Å². The SMILES string of the molecule is Cc1ccc(C(=O)Nc2nc(-c3ccccc3)sc2C(=O)O)c(C)c1. The molecule has 0 atom stereocenters. The highest BCUT2D eigenvalue weighted by atomic mass is 32.1. The van der Waals surface area contributed by atoms with Gasteiger partial charge in [0.2, 0.25) is 0 Å². The number of carbonyl (C=O) groups excluding carboxylic acids is 1. The van der Waals surface area contributed by atoms with Crippen LogP contribution in [0.2, 0.25) is 0 Å². The Morgan fingerprint density at radius 3 is 2.44 bits per heavy atom. The Labute approximate surface area is 149 Å². The van der Waals surface area contributed by atoms with Crippen LogP contribution in [-0.2, 0) is 0 Å². The van der Waals surface area contributed by atoms with Crippen LogP contribution >= 0.6 is 11.3 Å². The number of thiazole rings is 1. The third kappa shape index (κ3) is 3.59. The minimum atomic E-state index is -1.12. The van der Waals surface area contributed by atoms with Gasteiger partial charge in [0.25, 0.3) is 5.91 Å². The number of nitrogens with zero attached hydrogens (tertiary/aromatic N) is 1. The standard InChI is InChI=1S/C19H16N2O3S/c1-11-8-9-14(12(2)10-11)17(22)20-16-15(19(23)24)25-18(21-16)13-6-4-3-5-7-13/h3-10H,1-2H3,(H,20,22)(H,23,24). The second-order valence-electron chi connectivity index (χ2n) is 5.64. The van der Waals surface area contributed by atoms with E-state index in [9.17, 15) is 14.7 Å². The highest BCUT2D eigenvalue weighted by molar-refractivity contribution is 7.17. The summed E-state index contributed by atoms with van der Waals surface area (Å²) in [5.74, 6) is -1.41. The molecule has 0 unspecified atom stereocenters. The van der Waals surface area contributed by atoms with E-state index >= 15 is 0 Å². The van der Waals surface area contributed by atoms with Gasteiger partial charge in [0.15, 0.2) is 10.7 Å². The summed E-state index contributed by atoms with van der Waals surface area (Å²) in [6.07, 6.45) is 0. The largest absolute Gasteiger partial charge is 0.477 e. The van der Waals surface area contributed by atoms with Crippen LogP contribution in [0.3, 0.4) is 0 Å². The Morgan fingerprint density at radius 2 is 1.80 bits per heavy atom. The fourth-order valence-electron chi connectivity index (χ4n) is 2.50. The van der Waals surface area contributed by atoms with Crippen LogP contribution in [0.5, 0.6) is 0 Å². The average molecular weight is 352 g/mol. The van der Waals surface area contributed by atoms with Crippen molar-refractivity contribution in [2.45, 2.75) is 13.8 Å². The molecular formula is C19H16N2O3S. The molecule has 0 saturated heterocycles. The fourth-order valence-corrected chi connectivity index (χ4v) is 3.36. The molecule has 0 spiro atoms. The molecule has 1 amide bonds. The van der Waals surface area contributed by atoms with Crippen molar-refractivity contribution >= 4 is 29.0 Å². The summed E-state index contributed by atoms with van der Waals surface area (Å²) >= 11 is 1.04. The molecule has 0 aliphatic carbocycles. The normalized spacial score (nSPS) is 10.5. The van der Waals surface area contributed by atoms with Crippen molar-refractivity contribution in [2.24, 2.45) is 0 Å². The van der Waals surface area contributed by atoms with Gasteiger partial charge >= 0.3 is 5.97 Å². The molecule has 2 aromatic carbocycles. The number of anilines is 1. The van der Waals surface area contributed by atoms with Crippen molar-refractivity contribution in [2.75, 3.05) is 5.32 Å². The van der Waals surface area contributed by atoms with Crippen LogP contribution in [0.1, 0.15) is 31.2 Å². The van der Waals surface area contributed by atoms with Gasteiger partial charge < -0.3 is 10.4 Å². The van der Waals surface area contributed by atoms with Crippen molar-refractivity contribution in [3.63, 3.8) is 0 Å². The maximum absolute atomic E-state index is 12.5. The molecule has 6 heteroatoms. The first-order valence-corrected chi connectivity index (χ1v) is 8.45. The Bertz CT molecular complexity index is 949. The van der Waals surface area contributed by atoms with E-state index in [1.54, 1.807) is 6.07 Å². The Kier molecular flexibility index (Phi) is 4.63. The number of rotatable bonds is 4. The number of benzene rings is 2. The Hall–Kier alpha value is -2.99. The number of nitrogens with one attached hydrogen (secondary N) is 1. The molecule has 3 rings (SSSR count). The smallest absolute Gasteiger partial charge is 0.349 e. The zero-order valence-corrected chi connectivity index (χ0v) is 14.6. The van der Waals surface area contributed by atoms with Gasteiger partial charge in [-0.25, -0.2) is 9.78 Å². The van der Waals surface area contributed by atoms with E-state index in [1.165, 1.54) is 0 Å². The van der Waals surface area contributed by atoms with Crippen LogP contribution in [0.15, 0.2) is 48.5 Å². The molecule has 0 bridgehead atoms. The van der Waals surface area contributed by atoms with Gasteiger partial charge in [-0.2, -0.15) is 0 Å². The summed E-state index contributed by atoms with van der Waals surface area (Å²) in [6.45, 7) is 3.79. The topological polar surface area (TPSA) is 79.3 Å². The van der Waals surface area contributed by atoms with Gasteiger partial charge in [-0.15, -0.1) is 11.3 Å². The van der Waals surface area contributed by atoms with E-state index < -0.39 is 5.97 Å². The van der Waals surface area contributed by atoms with E-state index in [1.807, 2.05) is 56.3 Å². The monoisotopic (exact) mass is 352 g/mol. The average Bonchev–Trinajstić information content (AvgIpc) is 2.99. The van der Waals surface area contributed by atoms with Crippen LogP contribution in [0, 0.1) is 13.8 Å². The van der Waals surface area contributed by atoms with Crippen molar-refractivity contribution in [1.82, 2.24) is 4.98 Å². The number of hydrogen-bond donors (Lipinski definition) is 2. The molecule has 3 aromatic rings. The van der Waals surface area contributed by atoms with Crippen LogP contribution in [0.25, 0.3) is 10.6 Å². The number of carboxylic acids is 1. The molecule has 0 aliphatic heterocycles. The molecule has 5 nitrogen and oxygen atoms in total. The van der Waals surface area contributed by atoms with Gasteiger partial charge in [0, 0.05) is 11.1 Å². The summed E-state index contributed by atoms with van der Waals surface area (Å²) in [5.41, 5.74) is 3.19. The van der Waals surface area contributed by atoms with E-state index in [-0.39, 0.29) is 16.6 Å². The van der Waals surface area contributed by atoms with E-state index in [2.05, 4.69) is 10.3 Å². The molecule has 0 saturated carbocycles. The predicted octanol–water partition coefficient (Wildman–Crippen LogP) is 4.38. The highest BCUT2D eigenvalue weighted by Gasteiger charge is 2.21. The number of aromatic nitrogens is 1. The van der Waals surface area contributed by atoms with Gasteiger partial charge in [-0.05, 0) is 25.5 Å². The second kappa shape index (κ2) is 6.86. The minimum absolute atomic E-state index is 0.0111. The lowest BCUT2D eigenvalue weighted by Gasteiger charge is -2.07. The molecule has 1 aromatic heterocycles. The number of aromatic carboxylic acids is 1. The first kappa shape index (κ1) is 16.9. The highest BCUT2D eigenvalue weighted by Crippen LogP contribution is 2.31. The molecular weight excluding hydrogens is 336 g/mol.